The molecule has 0 saturated carbocycles. The summed E-state index contributed by atoms with van der Waals surface area (Å²) in [5.74, 6) is 0. The van der Waals surface area contributed by atoms with Gasteiger partial charge in [0.25, 0.3) is 0 Å². The van der Waals surface area contributed by atoms with Crippen LogP contribution in [0.15, 0.2) is 0 Å². The minimum Gasteiger partial charge on any atom is -0.396 e. The van der Waals surface area contributed by atoms with Crippen molar-refractivity contribution in [2.24, 2.45) is 0 Å². The normalized spacial score (nSPS) is 37.6. The Kier molecular flexibility index (Phi) is 3.97. The van der Waals surface area contributed by atoms with Crippen molar-refractivity contribution in [1.82, 2.24) is 4.90 Å². The van der Waals surface area contributed by atoms with Crippen LogP contribution in [0.5, 0.6) is 0 Å². The summed E-state index contributed by atoms with van der Waals surface area (Å²) in [5, 5.41) is 8.80. The Morgan fingerprint density at radius 3 is 3.00 bits per heavy atom. The monoisotopic (exact) mass is 215 g/mol. The quantitative estimate of drug-likeness (QED) is 0.745. The molecule has 3 atom stereocenters. The van der Waals surface area contributed by atoms with Gasteiger partial charge in [0.15, 0.2) is 6.29 Å². The first-order chi connectivity index (χ1) is 7.29. The molecular formula is C11H21NO3. The van der Waals surface area contributed by atoms with Gasteiger partial charge in [-0.25, -0.2) is 0 Å². The van der Waals surface area contributed by atoms with E-state index in [1.165, 1.54) is 19.4 Å². The van der Waals surface area contributed by atoms with Crippen LogP contribution in [0.2, 0.25) is 0 Å². The molecule has 0 aromatic heterocycles. The lowest BCUT2D eigenvalue weighted by atomic mass is 10.1. The third-order valence-electron chi connectivity index (χ3n) is 3.40. The number of ether oxygens (including phenoxy) is 2. The highest BCUT2D eigenvalue weighted by Crippen LogP contribution is 2.24. The maximum atomic E-state index is 8.80. The molecule has 88 valence electrons. The molecule has 0 spiro atoms. The number of aliphatic hydroxyl groups is 1. The summed E-state index contributed by atoms with van der Waals surface area (Å²) < 4.78 is 11.3. The smallest absolute Gasteiger partial charge is 0.159 e. The third kappa shape index (κ3) is 2.91. The van der Waals surface area contributed by atoms with Gasteiger partial charge in [0, 0.05) is 19.1 Å². The van der Waals surface area contributed by atoms with Gasteiger partial charge in [-0.15, -0.1) is 0 Å². The van der Waals surface area contributed by atoms with Gasteiger partial charge >= 0.3 is 0 Å². The predicted octanol–water partition coefficient (Wildman–Crippen LogP) is 0.595. The molecule has 0 aliphatic carbocycles. The van der Waals surface area contributed by atoms with E-state index in [9.17, 15) is 0 Å². The number of likely N-dealkylation sites (tertiary alicyclic amines) is 1. The van der Waals surface area contributed by atoms with Crippen molar-refractivity contribution in [2.75, 3.05) is 26.8 Å². The van der Waals surface area contributed by atoms with Crippen molar-refractivity contribution in [3.8, 4) is 0 Å². The largest absolute Gasteiger partial charge is 0.396 e. The molecule has 2 fully saturated rings. The lowest BCUT2D eigenvalue weighted by Gasteiger charge is -2.22. The number of nitrogens with zero attached hydrogens (tertiary/aromatic N) is 1. The van der Waals surface area contributed by atoms with Crippen molar-refractivity contribution in [3.05, 3.63) is 0 Å². The van der Waals surface area contributed by atoms with Gasteiger partial charge in [-0.3, -0.25) is 0 Å². The molecule has 2 aliphatic heterocycles. The molecule has 2 aliphatic rings. The van der Waals surface area contributed by atoms with Crippen LogP contribution in [0.25, 0.3) is 0 Å². The van der Waals surface area contributed by atoms with Crippen molar-refractivity contribution in [1.29, 1.82) is 0 Å². The van der Waals surface area contributed by atoms with Crippen LogP contribution in [0.3, 0.4) is 0 Å². The maximum Gasteiger partial charge on any atom is 0.159 e. The maximum absolute atomic E-state index is 8.80. The second-order valence-corrected chi connectivity index (χ2v) is 4.55. The van der Waals surface area contributed by atoms with Gasteiger partial charge in [-0.1, -0.05) is 0 Å². The van der Waals surface area contributed by atoms with Crippen molar-refractivity contribution in [2.45, 2.75) is 44.1 Å². The van der Waals surface area contributed by atoms with Gasteiger partial charge < -0.3 is 19.5 Å². The van der Waals surface area contributed by atoms with E-state index >= 15 is 0 Å². The van der Waals surface area contributed by atoms with Crippen LogP contribution in [0.4, 0.5) is 0 Å². The molecule has 2 saturated heterocycles. The molecule has 15 heavy (non-hydrogen) atoms. The molecule has 0 aromatic rings. The Morgan fingerprint density at radius 2 is 2.33 bits per heavy atom. The second-order valence-electron chi connectivity index (χ2n) is 4.55. The van der Waals surface area contributed by atoms with Crippen molar-refractivity contribution in [3.63, 3.8) is 0 Å². The van der Waals surface area contributed by atoms with Gasteiger partial charge in [0.05, 0.1) is 12.7 Å². The van der Waals surface area contributed by atoms with Crippen LogP contribution in [0, 0.1) is 0 Å². The fraction of sp³-hybridized carbons (Fsp3) is 1.00. The van der Waals surface area contributed by atoms with E-state index in [2.05, 4.69) is 11.9 Å². The average Bonchev–Trinajstić information content (AvgIpc) is 2.79. The minimum absolute atomic E-state index is 0.0490. The fourth-order valence-corrected chi connectivity index (χ4v) is 2.43. The molecule has 0 amide bonds. The summed E-state index contributed by atoms with van der Waals surface area (Å²) in [5.41, 5.74) is 0. The van der Waals surface area contributed by atoms with Crippen LogP contribution in [-0.2, 0) is 9.47 Å². The highest BCUT2D eigenvalue weighted by molar-refractivity contribution is 4.79. The molecular weight excluding hydrogens is 194 g/mol. The fourth-order valence-electron chi connectivity index (χ4n) is 2.43. The lowest BCUT2D eigenvalue weighted by molar-refractivity contribution is -0.0743. The first-order valence-electron chi connectivity index (χ1n) is 5.87. The summed E-state index contributed by atoms with van der Waals surface area (Å²) in [6.45, 7) is 2.02. The van der Waals surface area contributed by atoms with Gasteiger partial charge in [0.1, 0.15) is 0 Å². The lowest BCUT2D eigenvalue weighted by Crippen LogP contribution is -2.29. The zero-order valence-electron chi connectivity index (χ0n) is 9.39. The molecule has 2 rings (SSSR count). The number of aliphatic hydroxyl groups excluding tert-OH is 1. The van der Waals surface area contributed by atoms with Gasteiger partial charge in [-0.05, 0) is 32.9 Å². The molecule has 0 aromatic carbocycles. The Bertz CT molecular complexity index is 200. The van der Waals surface area contributed by atoms with Crippen molar-refractivity contribution < 1.29 is 14.6 Å². The molecule has 0 radical (unpaired) electrons. The topological polar surface area (TPSA) is 41.9 Å². The Labute approximate surface area is 91.2 Å². The Hall–Kier alpha value is -0.160. The first kappa shape index (κ1) is 11.3. The summed E-state index contributed by atoms with van der Waals surface area (Å²) in [7, 11) is 2.16. The highest BCUT2D eigenvalue weighted by Gasteiger charge is 2.30. The van der Waals surface area contributed by atoms with E-state index in [0.29, 0.717) is 19.1 Å². The summed E-state index contributed by atoms with van der Waals surface area (Å²) in [6.07, 6.45) is 4.26. The van der Waals surface area contributed by atoms with E-state index in [4.69, 9.17) is 14.6 Å². The number of rotatable bonds is 4. The molecule has 3 unspecified atom stereocenters. The number of hydrogen-bond donors (Lipinski definition) is 1. The van der Waals surface area contributed by atoms with Gasteiger partial charge in [0.2, 0.25) is 0 Å². The van der Waals surface area contributed by atoms with E-state index in [1.54, 1.807) is 0 Å². The molecule has 1 N–H and O–H groups in total. The van der Waals surface area contributed by atoms with Crippen LogP contribution in [-0.4, -0.2) is 55.2 Å². The Balaban J connectivity index is 1.72. The third-order valence-corrected chi connectivity index (χ3v) is 3.40. The number of hydrogen-bond acceptors (Lipinski definition) is 4. The summed E-state index contributed by atoms with van der Waals surface area (Å²) in [6, 6.07) is 0.614. The second kappa shape index (κ2) is 5.25. The van der Waals surface area contributed by atoms with E-state index in [1.807, 2.05) is 0 Å². The zero-order valence-corrected chi connectivity index (χ0v) is 9.39. The minimum atomic E-state index is -0.0490. The van der Waals surface area contributed by atoms with Crippen LogP contribution in [0.1, 0.15) is 25.7 Å². The van der Waals surface area contributed by atoms with Gasteiger partial charge in [-0.2, -0.15) is 0 Å². The standard InChI is InChI=1S/C11H21NO3/c1-12-5-2-3-9(12)7-11-14-8-10(15-11)4-6-13/h9-11,13H,2-8H2,1H3. The Morgan fingerprint density at radius 1 is 1.47 bits per heavy atom. The van der Waals surface area contributed by atoms with Crippen LogP contribution < -0.4 is 0 Å². The molecule has 4 nitrogen and oxygen atoms in total. The highest BCUT2D eigenvalue weighted by atomic mass is 16.7. The van der Waals surface area contributed by atoms with Crippen molar-refractivity contribution >= 4 is 0 Å². The zero-order chi connectivity index (χ0) is 10.7. The van der Waals surface area contributed by atoms with Crippen LogP contribution >= 0.6 is 0 Å². The molecule has 2 heterocycles. The molecule has 4 heteroatoms. The summed E-state index contributed by atoms with van der Waals surface area (Å²) >= 11 is 0. The van der Waals surface area contributed by atoms with E-state index < -0.39 is 0 Å². The SMILES string of the molecule is CN1CCCC1CC1OCC(CCO)O1. The first-order valence-corrected chi connectivity index (χ1v) is 5.87. The summed E-state index contributed by atoms with van der Waals surface area (Å²) in [4.78, 5) is 2.38. The predicted molar refractivity (Wildman–Crippen MR) is 56.6 cm³/mol. The van der Waals surface area contributed by atoms with E-state index in [0.717, 1.165) is 6.42 Å². The van der Waals surface area contributed by atoms with E-state index in [-0.39, 0.29) is 19.0 Å². The average molecular weight is 215 g/mol. The molecule has 0 bridgehead atoms.